The van der Waals surface area contributed by atoms with E-state index in [2.05, 4.69) is 0 Å². The molecular weight excluding hydrogens is 420 g/mol. The fourth-order valence-corrected chi connectivity index (χ4v) is 4.77. The van der Waals surface area contributed by atoms with Crippen LogP contribution >= 0.6 is 0 Å². The minimum Gasteiger partial charge on any atom is -0.451 e. The standard InChI is InChI=1S/C30H24N2O2/c31-25-28(33)24-23(19-11-4-1-5-12-19)26(20-17-10-18-20)32-27(21-13-6-2-7-14-21)30(24)34-29(25)22-15-8-3-9-16-22/h1-9,11-16,20H,10,17-18,31H2. The van der Waals surface area contributed by atoms with Crippen LogP contribution < -0.4 is 11.2 Å². The lowest BCUT2D eigenvalue weighted by atomic mass is 9.79. The second-order valence-electron chi connectivity index (χ2n) is 8.82. The van der Waals surface area contributed by atoms with E-state index in [-0.39, 0.29) is 11.1 Å². The van der Waals surface area contributed by atoms with Gasteiger partial charge in [0.2, 0.25) is 5.43 Å². The summed E-state index contributed by atoms with van der Waals surface area (Å²) in [5.74, 6) is 0.698. The molecule has 0 saturated heterocycles. The minimum atomic E-state index is -0.209. The molecule has 1 saturated carbocycles. The third-order valence-electron chi connectivity index (χ3n) is 6.74. The highest BCUT2D eigenvalue weighted by molar-refractivity contribution is 6.03. The predicted octanol–water partition coefficient (Wildman–Crippen LogP) is 7.04. The zero-order valence-corrected chi connectivity index (χ0v) is 18.7. The fourth-order valence-electron chi connectivity index (χ4n) is 4.77. The van der Waals surface area contributed by atoms with Crippen molar-refractivity contribution in [1.82, 2.24) is 4.98 Å². The molecule has 4 heteroatoms. The highest BCUT2D eigenvalue weighted by atomic mass is 16.3. The summed E-state index contributed by atoms with van der Waals surface area (Å²) in [6.45, 7) is 0. The van der Waals surface area contributed by atoms with E-state index in [0.29, 0.717) is 28.3 Å². The van der Waals surface area contributed by atoms with Crippen molar-refractivity contribution < 1.29 is 4.42 Å². The molecule has 2 heterocycles. The Balaban J connectivity index is 1.78. The summed E-state index contributed by atoms with van der Waals surface area (Å²) in [5, 5.41) is 0.513. The first-order valence-corrected chi connectivity index (χ1v) is 11.7. The number of aromatic nitrogens is 1. The van der Waals surface area contributed by atoms with Gasteiger partial charge in [-0.25, -0.2) is 4.98 Å². The Morgan fingerprint density at radius 1 is 0.765 bits per heavy atom. The molecule has 0 aliphatic heterocycles. The smallest absolute Gasteiger partial charge is 0.217 e. The first-order valence-electron chi connectivity index (χ1n) is 11.7. The summed E-state index contributed by atoms with van der Waals surface area (Å²) < 4.78 is 6.51. The van der Waals surface area contributed by atoms with Crippen LogP contribution in [0.1, 0.15) is 30.9 Å². The molecule has 6 rings (SSSR count). The molecule has 1 aliphatic carbocycles. The summed E-state index contributed by atoms with van der Waals surface area (Å²) in [4.78, 5) is 19.2. The van der Waals surface area contributed by atoms with E-state index in [0.717, 1.165) is 40.8 Å². The van der Waals surface area contributed by atoms with Gasteiger partial charge < -0.3 is 10.2 Å². The molecule has 0 bridgehead atoms. The van der Waals surface area contributed by atoms with Gasteiger partial charge in [0.1, 0.15) is 11.4 Å². The lowest BCUT2D eigenvalue weighted by molar-refractivity contribution is 0.412. The summed E-state index contributed by atoms with van der Waals surface area (Å²) in [5.41, 5.74) is 12.0. The van der Waals surface area contributed by atoms with Gasteiger partial charge in [-0.15, -0.1) is 0 Å². The summed E-state index contributed by atoms with van der Waals surface area (Å²) in [6, 6.07) is 29.5. The van der Waals surface area contributed by atoms with E-state index >= 15 is 0 Å². The number of anilines is 1. The fraction of sp³-hybridized carbons (Fsp3) is 0.133. The average Bonchev–Trinajstić information content (AvgIpc) is 2.86. The van der Waals surface area contributed by atoms with Gasteiger partial charge in [0, 0.05) is 22.6 Å². The molecule has 1 fully saturated rings. The van der Waals surface area contributed by atoms with Gasteiger partial charge in [-0.1, -0.05) is 97.4 Å². The number of hydrogen-bond acceptors (Lipinski definition) is 4. The topological polar surface area (TPSA) is 69.1 Å². The number of nitrogen functional groups attached to an aromatic ring is 1. The quantitative estimate of drug-likeness (QED) is 0.323. The van der Waals surface area contributed by atoms with Gasteiger partial charge in [-0.05, 0) is 18.4 Å². The molecule has 1 aliphatic rings. The number of hydrogen-bond donors (Lipinski definition) is 1. The Labute approximate surface area is 197 Å². The normalized spacial score (nSPS) is 13.6. The predicted molar refractivity (Wildman–Crippen MR) is 138 cm³/mol. The van der Waals surface area contributed by atoms with E-state index in [9.17, 15) is 4.79 Å². The van der Waals surface area contributed by atoms with Gasteiger partial charge in [-0.3, -0.25) is 4.79 Å². The van der Waals surface area contributed by atoms with Crippen molar-refractivity contribution in [2.45, 2.75) is 25.2 Å². The first-order chi connectivity index (χ1) is 16.7. The van der Waals surface area contributed by atoms with Crippen molar-refractivity contribution in [2.75, 3.05) is 5.73 Å². The van der Waals surface area contributed by atoms with Crippen molar-refractivity contribution >= 4 is 16.7 Å². The molecular formula is C30H24N2O2. The van der Waals surface area contributed by atoms with E-state index in [1.54, 1.807) is 0 Å². The van der Waals surface area contributed by atoms with Crippen LogP contribution in [0.3, 0.4) is 0 Å². The van der Waals surface area contributed by atoms with Crippen LogP contribution in [0.25, 0.3) is 44.7 Å². The zero-order valence-electron chi connectivity index (χ0n) is 18.7. The second-order valence-corrected chi connectivity index (χ2v) is 8.82. The van der Waals surface area contributed by atoms with Gasteiger partial charge in [-0.2, -0.15) is 0 Å². The minimum absolute atomic E-state index is 0.126. The van der Waals surface area contributed by atoms with E-state index in [1.165, 1.54) is 6.42 Å². The van der Waals surface area contributed by atoms with Crippen LogP contribution in [0.4, 0.5) is 5.69 Å². The van der Waals surface area contributed by atoms with Crippen molar-refractivity contribution in [3.63, 3.8) is 0 Å². The molecule has 2 aromatic heterocycles. The maximum Gasteiger partial charge on any atom is 0.217 e. The highest BCUT2D eigenvalue weighted by Crippen LogP contribution is 2.45. The molecule has 0 amide bonds. The van der Waals surface area contributed by atoms with E-state index in [1.807, 2.05) is 91.0 Å². The van der Waals surface area contributed by atoms with Crippen LogP contribution in [0, 0.1) is 0 Å². The number of rotatable bonds is 4. The molecule has 34 heavy (non-hydrogen) atoms. The Morgan fingerprint density at radius 3 is 1.88 bits per heavy atom. The summed E-state index contributed by atoms with van der Waals surface area (Å²) >= 11 is 0. The van der Waals surface area contributed by atoms with Crippen molar-refractivity contribution in [2.24, 2.45) is 0 Å². The van der Waals surface area contributed by atoms with Crippen molar-refractivity contribution in [3.05, 3.63) is 107 Å². The maximum atomic E-state index is 14.0. The molecule has 0 spiro atoms. The van der Waals surface area contributed by atoms with Crippen molar-refractivity contribution in [3.8, 4) is 33.7 Å². The molecule has 0 radical (unpaired) electrons. The molecule has 0 atom stereocenters. The van der Waals surface area contributed by atoms with Crippen LogP contribution in [0.2, 0.25) is 0 Å². The summed E-state index contributed by atoms with van der Waals surface area (Å²) in [7, 11) is 0. The molecule has 5 aromatic rings. The maximum absolute atomic E-state index is 14.0. The SMILES string of the molecule is Nc1c(-c2ccccc2)oc2c(-c3ccccc3)nc(C3CCC3)c(-c3ccccc3)c2c1=O. The van der Waals surface area contributed by atoms with Crippen LogP contribution in [0.5, 0.6) is 0 Å². The third kappa shape index (κ3) is 3.30. The second kappa shape index (κ2) is 8.31. The molecule has 4 nitrogen and oxygen atoms in total. The Hall–Kier alpha value is -4.18. The van der Waals surface area contributed by atoms with Gasteiger partial charge in [0.05, 0.1) is 11.1 Å². The lowest BCUT2D eigenvalue weighted by Crippen LogP contribution is -2.17. The van der Waals surface area contributed by atoms with Crippen molar-refractivity contribution in [1.29, 1.82) is 0 Å². The molecule has 0 unspecified atom stereocenters. The summed E-state index contributed by atoms with van der Waals surface area (Å²) in [6.07, 6.45) is 3.30. The van der Waals surface area contributed by atoms with E-state index < -0.39 is 0 Å². The molecule has 2 N–H and O–H groups in total. The molecule has 3 aromatic carbocycles. The van der Waals surface area contributed by atoms with Gasteiger partial charge in [0.25, 0.3) is 0 Å². The monoisotopic (exact) mass is 444 g/mol. The number of pyridine rings is 1. The van der Waals surface area contributed by atoms with E-state index in [4.69, 9.17) is 15.1 Å². The number of benzene rings is 3. The van der Waals surface area contributed by atoms with Gasteiger partial charge >= 0.3 is 0 Å². The average molecular weight is 445 g/mol. The number of fused-ring (bicyclic) bond motifs is 1. The zero-order chi connectivity index (χ0) is 23.1. The lowest BCUT2D eigenvalue weighted by Gasteiger charge is -2.28. The Bertz CT molecular complexity index is 1540. The van der Waals surface area contributed by atoms with Crippen LogP contribution in [-0.2, 0) is 0 Å². The van der Waals surface area contributed by atoms with Gasteiger partial charge in [0.15, 0.2) is 11.3 Å². The Morgan fingerprint density at radius 2 is 1.32 bits per heavy atom. The Kier molecular flexibility index (Phi) is 4.99. The number of nitrogens with two attached hydrogens (primary N) is 1. The molecule has 166 valence electrons. The third-order valence-corrected chi connectivity index (χ3v) is 6.74. The highest BCUT2D eigenvalue weighted by Gasteiger charge is 2.30. The van der Waals surface area contributed by atoms with Crippen LogP contribution in [-0.4, -0.2) is 4.98 Å². The largest absolute Gasteiger partial charge is 0.451 e. The first kappa shape index (κ1) is 20.4. The van der Waals surface area contributed by atoms with Crippen LogP contribution in [0.15, 0.2) is 100 Å². The number of nitrogens with zero attached hydrogens (tertiary/aromatic N) is 1.